The molecule has 0 radical (unpaired) electrons. The molecule has 1 aliphatic heterocycles. The molecule has 0 spiro atoms. The van der Waals surface area contributed by atoms with E-state index in [0.717, 1.165) is 27.9 Å². The van der Waals surface area contributed by atoms with Crippen LogP contribution < -0.4 is 9.21 Å². The summed E-state index contributed by atoms with van der Waals surface area (Å²) in [6, 6.07) is 20.0. The third-order valence-corrected chi connectivity index (χ3v) is 9.50. The predicted molar refractivity (Wildman–Crippen MR) is 150 cm³/mol. The molecule has 0 unspecified atom stereocenters. The minimum atomic E-state index is -3.72. The summed E-state index contributed by atoms with van der Waals surface area (Å²) in [4.78, 5) is 22.3. The number of nitrogens with zero attached hydrogens (tertiary/aromatic N) is 4. The van der Waals surface area contributed by atoms with Gasteiger partial charge >= 0.3 is 0 Å². The van der Waals surface area contributed by atoms with Crippen molar-refractivity contribution in [3.8, 4) is 0 Å². The molecule has 0 atom stereocenters. The number of thiazole rings is 1. The van der Waals surface area contributed by atoms with Crippen LogP contribution in [0.4, 0.5) is 10.8 Å². The molecule has 37 heavy (non-hydrogen) atoms. The van der Waals surface area contributed by atoms with E-state index in [4.69, 9.17) is 4.98 Å². The monoisotopic (exact) mass is 534 g/mol. The SMILES string of the molecule is CCc1ccc2nc(N(CCN(C)C)C(=O)c3ccc(S(=O)(=O)N4CCc5ccccc54)cc3)sc2c1. The summed E-state index contributed by atoms with van der Waals surface area (Å²) in [5.74, 6) is -0.202. The van der Waals surface area contributed by atoms with Crippen LogP contribution in [0.5, 0.6) is 0 Å². The van der Waals surface area contributed by atoms with Crippen molar-refractivity contribution >= 4 is 48.3 Å². The van der Waals surface area contributed by atoms with Gasteiger partial charge in [0.1, 0.15) is 0 Å². The molecule has 0 aliphatic carbocycles. The van der Waals surface area contributed by atoms with Gasteiger partial charge in [-0.3, -0.25) is 14.0 Å². The number of hydrogen-bond acceptors (Lipinski definition) is 6. The van der Waals surface area contributed by atoms with Crippen molar-refractivity contribution in [2.75, 3.05) is 42.9 Å². The average Bonchev–Trinajstić information content (AvgIpc) is 3.53. The lowest BCUT2D eigenvalue weighted by atomic mass is 10.2. The Bertz CT molecular complexity index is 1550. The molecule has 1 aromatic heterocycles. The number of hydrogen-bond donors (Lipinski definition) is 0. The molecule has 1 aliphatic rings. The Balaban J connectivity index is 1.43. The van der Waals surface area contributed by atoms with E-state index in [-0.39, 0.29) is 10.8 Å². The topological polar surface area (TPSA) is 73.8 Å². The molecule has 1 amide bonds. The maximum Gasteiger partial charge on any atom is 0.264 e. The number of carbonyl (C=O) groups is 1. The van der Waals surface area contributed by atoms with Crippen molar-refractivity contribution in [1.82, 2.24) is 9.88 Å². The molecule has 0 N–H and O–H groups in total. The van der Waals surface area contributed by atoms with E-state index in [1.54, 1.807) is 17.0 Å². The van der Waals surface area contributed by atoms with E-state index in [9.17, 15) is 13.2 Å². The van der Waals surface area contributed by atoms with Crippen LogP contribution in [0.25, 0.3) is 10.2 Å². The molecule has 0 fully saturated rings. The molecular weight excluding hydrogens is 504 g/mol. The molecule has 4 aromatic rings. The van der Waals surface area contributed by atoms with Crippen molar-refractivity contribution in [2.24, 2.45) is 0 Å². The van der Waals surface area contributed by atoms with Crippen molar-refractivity contribution in [1.29, 1.82) is 0 Å². The van der Waals surface area contributed by atoms with E-state index in [0.29, 0.717) is 36.8 Å². The van der Waals surface area contributed by atoms with Gasteiger partial charge in [0, 0.05) is 25.2 Å². The summed E-state index contributed by atoms with van der Waals surface area (Å²) >= 11 is 1.50. The lowest BCUT2D eigenvalue weighted by Gasteiger charge is -2.22. The highest BCUT2D eigenvalue weighted by Crippen LogP contribution is 2.33. The highest BCUT2D eigenvalue weighted by Gasteiger charge is 2.31. The maximum absolute atomic E-state index is 13.7. The Morgan fingerprint density at radius 2 is 1.78 bits per heavy atom. The van der Waals surface area contributed by atoms with Crippen LogP contribution in [0.3, 0.4) is 0 Å². The first-order valence-corrected chi connectivity index (χ1v) is 14.6. The molecule has 0 saturated carbocycles. The number of amides is 1. The van der Waals surface area contributed by atoms with Gasteiger partial charge < -0.3 is 4.90 Å². The number of benzene rings is 3. The van der Waals surface area contributed by atoms with Crippen LogP contribution in [0, 0.1) is 0 Å². The summed E-state index contributed by atoms with van der Waals surface area (Å²) in [5, 5.41) is 0.639. The minimum absolute atomic E-state index is 0.174. The summed E-state index contributed by atoms with van der Waals surface area (Å²) < 4.78 is 29.3. The number of aryl methyl sites for hydroxylation is 1. The molecular formula is C28H30N4O3S2. The largest absolute Gasteiger partial charge is 0.308 e. The second kappa shape index (κ2) is 10.2. The van der Waals surface area contributed by atoms with Gasteiger partial charge in [-0.25, -0.2) is 13.4 Å². The van der Waals surface area contributed by atoms with Gasteiger partial charge in [-0.2, -0.15) is 0 Å². The second-order valence-corrected chi connectivity index (χ2v) is 12.3. The number of rotatable bonds is 8. The van der Waals surface area contributed by atoms with E-state index in [2.05, 4.69) is 19.1 Å². The second-order valence-electron chi connectivity index (χ2n) is 9.39. The molecule has 9 heteroatoms. The van der Waals surface area contributed by atoms with Crippen LogP contribution in [0.1, 0.15) is 28.4 Å². The lowest BCUT2D eigenvalue weighted by molar-refractivity contribution is 0.0985. The summed E-state index contributed by atoms with van der Waals surface area (Å²) in [7, 11) is 0.205. The Morgan fingerprint density at radius 1 is 1.03 bits per heavy atom. The number of anilines is 2. The van der Waals surface area contributed by atoms with Crippen molar-refractivity contribution in [3.63, 3.8) is 0 Å². The normalized spacial score (nSPS) is 13.4. The average molecular weight is 535 g/mol. The number of likely N-dealkylation sites (N-methyl/N-ethyl adjacent to an activating group) is 1. The van der Waals surface area contributed by atoms with Gasteiger partial charge in [-0.1, -0.05) is 42.5 Å². The first-order valence-electron chi connectivity index (χ1n) is 12.3. The van der Waals surface area contributed by atoms with Gasteiger partial charge in [0.2, 0.25) is 0 Å². The maximum atomic E-state index is 13.7. The van der Waals surface area contributed by atoms with Gasteiger partial charge in [-0.15, -0.1) is 0 Å². The van der Waals surface area contributed by atoms with Crippen LogP contribution in [-0.2, 0) is 22.9 Å². The minimum Gasteiger partial charge on any atom is -0.308 e. The van der Waals surface area contributed by atoms with Crippen LogP contribution in [0.15, 0.2) is 71.6 Å². The fraction of sp³-hybridized carbons (Fsp3) is 0.286. The number of carbonyl (C=O) groups excluding carboxylic acids is 1. The molecule has 0 saturated heterocycles. The van der Waals surface area contributed by atoms with E-state index < -0.39 is 10.0 Å². The zero-order chi connectivity index (χ0) is 26.2. The highest BCUT2D eigenvalue weighted by atomic mass is 32.2. The Kier molecular flexibility index (Phi) is 7.02. The highest BCUT2D eigenvalue weighted by molar-refractivity contribution is 7.92. The number of aromatic nitrogens is 1. The number of fused-ring (bicyclic) bond motifs is 2. The van der Waals surface area contributed by atoms with Crippen LogP contribution in [-0.4, -0.2) is 57.9 Å². The van der Waals surface area contributed by atoms with Gasteiger partial charge in [0.05, 0.1) is 20.8 Å². The van der Waals surface area contributed by atoms with Crippen LogP contribution in [0.2, 0.25) is 0 Å². The fourth-order valence-corrected chi connectivity index (χ4v) is 7.04. The third-order valence-electron chi connectivity index (χ3n) is 6.63. The predicted octanol–water partition coefficient (Wildman–Crippen LogP) is 4.82. The zero-order valence-corrected chi connectivity index (χ0v) is 22.8. The first kappa shape index (κ1) is 25.4. The molecule has 192 valence electrons. The summed E-state index contributed by atoms with van der Waals surface area (Å²) in [5.41, 5.74) is 4.27. The van der Waals surface area contributed by atoms with Gasteiger partial charge in [0.25, 0.3) is 15.9 Å². The summed E-state index contributed by atoms with van der Waals surface area (Å²) in [6.07, 6.45) is 1.62. The number of para-hydroxylation sites is 1. The molecule has 7 nitrogen and oxygen atoms in total. The molecule has 3 aromatic carbocycles. The Labute approximate surface area is 222 Å². The van der Waals surface area contributed by atoms with Crippen molar-refractivity contribution < 1.29 is 13.2 Å². The Morgan fingerprint density at radius 3 is 2.51 bits per heavy atom. The molecule has 5 rings (SSSR count). The van der Waals surface area contributed by atoms with Gasteiger partial charge in [0.15, 0.2) is 5.13 Å². The van der Waals surface area contributed by atoms with E-state index in [1.165, 1.54) is 33.3 Å². The van der Waals surface area contributed by atoms with Crippen molar-refractivity contribution in [3.05, 3.63) is 83.4 Å². The zero-order valence-electron chi connectivity index (χ0n) is 21.2. The van der Waals surface area contributed by atoms with Crippen LogP contribution >= 0.6 is 11.3 Å². The van der Waals surface area contributed by atoms with E-state index in [1.807, 2.05) is 49.3 Å². The van der Waals surface area contributed by atoms with E-state index >= 15 is 0 Å². The smallest absolute Gasteiger partial charge is 0.264 e. The Hall–Kier alpha value is -3.27. The summed E-state index contributed by atoms with van der Waals surface area (Å²) in [6.45, 7) is 3.67. The van der Waals surface area contributed by atoms with Gasteiger partial charge in [-0.05, 0) is 80.5 Å². The van der Waals surface area contributed by atoms with Crippen molar-refractivity contribution in [2.45, 2.75) is 24.7 Å². The molecule has 0 bridgehead atoms. The third kappa shape index (κ3) is 4.99. The number of sulfonamides is 1. The molecule has 2 heterocycles. The first-order chi connectivity index (χ1) is 17.8. The lowest BCUT2D eigenvalue weighted by Crippen LogP contribution is -2.36. The standard InChI is InChI=1S/C28H30N4O3S2/c1-4-20-9-14-24-26(19-20)36-28(29-24)31(18-17-30(2)3)27(33)22-10-12-23(13-11-22)37(34,35)32-16-15-21-7-5-6-8-25(21)32/h5-14,19H,4,15-18H2,1-3H3. The quantitative estimate of drug-likeness (QED) is 0.324. The fourth-order valence-electron chi connectivity index (χ4n) is 4.49.